The Morgan fingerprint density at radius 2 is 1.81 bits per heavy atom. The number of sulfonamides is 1. The summed E-state index contributed by atoms with van der Waals surface area (Å²) in [5.74, 6) is -1.65. The Hall–Kier alpha value is -2.34. The van der Waals surface area contributed by atoms with E-state index in [-0.39, 0.29) is 17.8 Å². The van der Waals surface area contributed by atoms with Gasteiger partial charge in [0.25, 0.3) is 10.0 Å². The normalized spacial score (nSPS) is 21.6. The molecule has 2 aromatic carbocycles. The summed E-state index contributed by atoms with van der Waals surface area (Å²) in [6.07, 6.45) is -4.50. The molecule has 0 saturated carbocycles. The fourth-order valence-electron chi connectivity index (χ4n) is 3.20. The van der Waals surface area contributed by atoms with E-state index in [4.69, 9.17) is 11.6 Å². The maximum absolute atomic E-state index is 12.9. The zero-order valence-corrected chi connectivity index (χ0v) is 17.8. The van der Waals surface area contributed by atoms with Crippen molar-refractivity contribution in [2.24, 2.45) is 5.92 Å². The fourth-order valence-corrected chi connectivity index (χ4v) is 4.89. The molecule has 0 bridgehead atoms. The van der Waals surface area contributed by atoms with Gasteiger partial charge in [-0.3, -0.25) is 14.9 Å². The molecule has 1 aliphatic rings. The SMILES string of the molecule is CC1NNC(S(=O)(=O)Nc2ccc(Cl)cc2)C1C(=O)NCc1cccc(C(F)(F)F)c1. The maximum atomic E-state index is 12.9. The Kier molecular flexibility index (Phi) is 6.79. The molecule has 168 valence electrons. The van der Waals surface area contributed by atoms with Crippen molar-refractivity contribution in [3.63, 3.8) is 0 Å². The maximum Gasteiger partial charge on any atom is 0.416 e. The van der Waals surface area contributed by atoms with Gasteiger partial charge in [0.1, 0.15) is 0 Å². The first-order valence-electron chi connectivity index (χ1n) is 9.19. The molecule has 1 saturated heterocycles. The standard InChI is InChI=1S/C19H20ClF3N4O3S/c1-11-16(17(28)24-10-12-3-2-4-13(9-12)19(21,22)23)18(26-25-11)31(29,30)27-15-7-5-14(20)6-8-15/h2-9,11,16,18,25-27H,10H2,1H3,(H,24,28). The molecule has 12 heteroatoms. The van der Waals surface area contributed by atoms with Crippen molar-refractivity contribution in [2.75, 3.05) is 4.72 Å². The molecule has 1 amide bonds. The van der Waals surface area contributed by atoms with Crippen molar-refractivity contribution < 1.29 is 26.4 Å². The Morgan fingerprint density at radius 1 is 1.13 bits per heavy atom. The van der Waals surface area contributed by atoms with Crippen LogP contribution in [0.3, 0.4) is 0 Å². The number of carbonyl (C=O) groups excluding carboxylic acids is 1. The molecule has 1 aliphatic heterocycles. The predicted molar refractivity (Wildman–Crippen MR) is 110 cm³/mol. The average Bonchev–Trinajstić information content (AvgIpc) is 3.10. The molecule has 0 radical (unpaired) electrons. The molecule has 0 spiro atoms. The Balaban J connectivity index is 1.71. The van der Waals surface area contributed by atoms with E-state index in [1.54, 1.807) is 6.92 Å². The third-order valence-electron chi connectivity index (χ3n) is 4.78. The lowest BCUT2D eigenvalue weighted by molar-refractivity contribution is -0.137. The van der Waals surface area contributed by atoms with Crippen LogP contribution in [0.1, 0.15) is 18.1 Å². The lowest BCUT2D eigenvalue weighted by Crippen LogP contribution is -2.47. The van der Waals surface area contributed by atoms with E-state index in [2.05, 4.69) is 20.9 Å². The van der Waals surface area contributed by atoms with Crippen molar-refractivity contribution >= 4 is 33.2 Å². The van der Waals surface area contributed by atoms with E-state index >= 15 is 0 Å². The number of carbonyl (C=O) groups is 1. The first kappa shape index (κ1) is 23.3. The van der Waals surface area contributed by atoms with Gasteiger partial charge in [-0.25, -0.2) is 13.8 Å². The largest absolute Gasteiger partial charge is 0.416 e. The number of amides is 1. The molecule has 31 heavy (non-hydrogen) atoms. The molecular weight excluding hydrogens is 457 g/mol. The van der Waals surface area contributed by atoms with Crippen LogP contribution in [0.4, 0.5) is 18.9 Å². The smallest absolute Gasteiger partial charge is 0.352 e. The van der Waals surface area contributed by atoms with Crippen molar-refractivity contribution in [3.05, 3.63) is 64.7 Å². The number of nitrogens with one attached hydrogen (secondary N) is 4. The van der Waals surface area contributed by atoms with Crippen molar-refractivity contribution in [1.29, 1.82) is 0 Å². The van der Waals surface area contributed by atoms with Crippen LogP contribution < -0.4 is 20.9 Å². The van der Waals surface area contributed by atoms with Crippen LogP contribution in [0.25, 0.3) is 0 Å². The summed E-state index contributed by atoms with van der Waals surface area (Å²) >= 11 is 5.80. The zero-order chi connectivity index (χ0) is 22.8. The van der Waals surface area contributed by atoms with Crippen LogP contribution in [0.2, 0.25) is 5.02 Å². The topological polar surface area (TPSA) is 99.3 Å². The first-order valence-corrected chi connectivity index (χ1v) is 11.1. The molecule has 2 aromatic rings. The third-order valence-corrected chi connectivity index (χ3v) is 6.63. The average molecular weight is 477 g/mol. The Bertz CT molecular complexity index is 1050. The van der Waals surface area contributed by atoms with Crippen molar-refractivity contribution in [3.8, 4) is 0 Å². The minimum atomic E-state index is -4.50. The number of anilines is 1. The summed E-state index contributed by atoms with van der Waals surface area (Å²) < 4.78 is 66.6. The second-order valence-electron chi connectivity index (χ2n) is 7.09. The fraction of sp³-hybridized carbons (Fsp3) is 0.316. The van der Waals surface area contributed by atoms with Crippen LogP contribution >= 0.6 is 11.6 Å². The lowest BCUT2D eigenvalue weighted by atomic mass is 10.0. The van der Waals surface area contributed by atoms with Crippen LogP contribution in [0.15, 0.2) is 48.5 Å². The molecule has 3 atom stereocenters. The monoisotopic (exact) mass is 476 g/mol. The first-order chi connectivity index (χ1) is 14.5. The molecule has 0 aliphatic carbocycles. The van der Waals surface area contributed by atoms with Gasteiger partial charge in [0.2, 0.25) is 5.91 Å². The van der Waals surface area contributed by atoms with Gasteiger partial charge >= 0.3 is 6.18 Å². The summed E-state index contributed by atoms with van der Waals surface area (Å²) in [4.78, 5) is 12.7. The van der Waals surface area contributed by atoms with Gasteiger partial charge in [0, 0.05) is 23.3 Å². The molecule has 7 nitrogen and oxygen atoms in total. The number of rotatable bonds is 6. The highest BCUT2D eigenvalue weighted by Gasteiger charge is 2.46. The van der Waals surface area contributed by atoms with Crippen molar-refractivity contribution in [1.82, 2.24) is 16.2 Å². The van der Waals surface area contributed by atoms with Gasteiger partial charge in [-0.05, 0) is 48.9 Å². The number of benzene rings is 2. The minimum Gasteiger partial charge on any atom is -0.352 e. The quantitative estimate of drug-likeness (QED) is 0.514. The number of halogens is 4. The highest BCUT2D eigenvalue weighted by molar-refractivity contribution is 7.93. The predicted octanol–water partition coefficient (Wildman–Crippen LogP) is 2.86. The molecule has 1 heterocycles. The zero-order valence-electron chi connectivity index (χ0n) is 16.2. The molecule has 3 unspecified atom stereocenters. The summed E-state index contributed by atoms with van der Waals surface area (Å²) in [6, 6.07) is 10.0. The number of alkyl halides is 3. The second kappa shape index (κ2) is 9.03. The molecular formula is C19H20ClF3N4O3S. The highest BCUT2D eigenvalue weighted by atomic mass is 35.5. The van der Waals surface area contributed by atoms with E-state index < -0.39 is 45.0 Å². The lowest BCUT2D eigenvalue weighted by Gasteiger charge is -2.21. The van der Waals surface area contributed by atoms with Crippen LogP contribution in [-0.2, 0) is 27.5 Å². The van der Waals surface area contributed by atoms with Crippen LogP contribution in [0.5, 0.6) is 0 Å². The molecule has 0 aromatic heterocycles. The van der Waals surface area contributed by atoms with E-state index in [0.29, 0.717) is 5.02 Å². The summed E-state index contributed by atoms with van der Waals surface area (Å²) in [5, 5.41) is 1.66. The molecule has 1 fully saturated rings. The van der Waals surface area contributed by atoms with Gasteiger partial charge in [0.15, 0.2) is 5.37 Å². The Morgan fingerprint density at radius 3 is 2.45 bits per heavy atom. The van der Waals surface area contributed by atoms with Gasteiger partial charge in [-0.15, -0.1) is 0 Å². The summed E-state index contributed by atoms with van der Waals surface area (Å²) in [6.45, 7) is 1.45. The van der Waals surface area contributed by atoms with E-state index in [1.165, 1.54) is 36.4 Å². The van der Waals surface area contributed by atoms with E-state index in [9.17, 15) is 26.4 Å². The number of hydrogen-bond acceptors (Lipinski definition) is 5. The van der Waals surface area contributed by atoms with E-state index in [0.717, 1.165) is 12.1 Å². The van der Waals surface area contributed by atoms with E-state index in [1.807, 2.05) is 0 Å². The number of hydrazine groups is 1. The Labute approximate surface area is 182 Å². The van der Waals surface area contributed by atoms with Crippen LogP contribution in [-0.4, -0.2) is 25.7 Å². The summed E-state index contributed by atoms with van der Waals surface area (Å²) in [5.41, 5.74) is 5.02. The highest BCUT2D eigenvalue weighted by Crippen LogP contribution is 2.29. The van der Waals surface area contributed by atoms with Gasteiger partial charge < -0.3 is 5.32 Å². The van der Waals surface area contributed by atoms with Crippen molar-refractivity contribution in [2.45, 2.75) is 31.1 Å². The van der Waals surface area contributed by atoms with Gasteiger partial charge in [-0.1, -0.05) is 23.7 Å². The third kappa shape index (κ3) is 5.67. The van der Waals surface area contributed by atoms with Crippen LogP contribution in [0, 0.1) is 5.92 Å². The van der Waals surface area contributed by atoms with Gasteiger partial charge in [0.05, 0.1) is 11.5 Å². The number of hydrogen-bond donors (Lipinski definition) is 4. The summed E-state index contributed by atoms with van der Waals surface area (Å²) in [7, 11) is -4.04. The second-order valence-corrected chi connectivity index (χ2v) is 9.33. The van der Waals surface area contributed by atoms with Gasteiger partial charge in [-0.2, -0.15) is 13.2 Å². The molecule has 4 N–H and O–H groups in total. The molecule has 3 rings (SSSR count). The minimum absolute atomic E-state index is 0.177.